The van der Waals surface area contributed by atoms with Crippen LogP contribution in [0.25, 0.3) is 10.9 Å². The van der Waals surface area contributed by atoms with E-state index in [0.29, 0.717) is 22.3 Å². The number of fused-ring (bicyclic) bond motifs is 1. The minimum Gasteiger partial charge on any atom is -0.493 e. The summed E-state index contributed by atoms with van der Waals surface area (Å²) < 4.78 is 32.7. The number of nitrogens with zero attached hydrogens (tertiary/aromatic N) is 4. The van der Waals surface area contributed by atoms with Gasteiger partial charge in [0.2, 0.25) is 5.88 Å². The van der Waals surface area contributed by atoms with Gasteiger partial charge in [0.1, 0.15) is 17.4 Å². The molecule has 4 aromatic rings. The Morgan fingerprint density at radius 1 is 1.00 bits per heavy atom. The van der Waals surface area contributed by atoms with Crippen molar-refractivity contribution in [1.82, 2.24) is 15.0 Å². The van der Waals surface area contributed by atoms with E-state index < -0.39 is 11.6 Å². The van der Waals surface area contributed by atoms with Crippen molar-refractivity contribution in [3.63, 3.8) is 0 Å². The van der Waals surface area contributed by atoms with Crippen LogP contribution in [-0.4, -0.2) is 27.1 Å². The first-order valence-electron chi connectivity index (χ1n) is 8.29. The summed E-state index contributed by atoms with van der Waals surface area (Å²) in [5.41, 5.74) is 1.36. The molecule has 0 fully saturated rings. The first-order valence-corrected chi connectivity index (χ1v) is 8.29. The predicted molar refractivity (Wildman–Crippen MR) is 99.9 cm³/mol. The number of hydrogen-bond acceptors (Lipinski definition) is 6. The third kappa shape index (κ3) is 3.39. The summed E-state index contributed by atoms with van der Waals surface area (Å²) in [5, 5.41) is 10.5. The van der Waals surface area contributed by atoms with E-state index in [4.69, 9.17) is 4.74 Å². The van der Waals surface area contributed by atoms with Crippen molar-refractivity contribution >= 4 is 22.3 Å². The van der Waals surface area contributed by atoms with E-state index in [1.54, 1.807) is 42.3 Å². The van der Waals surface area contributed by atoms with Gasteiger partial charge < -0.3 is 14.7 Å². The number of anilines is 2. The highest BCUT2D eigenvalue weighted by Crippen LogP contribution is 2.30. The van der Waals surface area contributed by atoms with Crippen LogP contribution in [0.2, 0.25) is 0 Å². The molecule has 8 heteroatoms. The van der Waals surface area contributed by atoms with Crippen LogP contribution in [0.3, 0.4) is 0 Å². The molecule has 4 rings (SSSR count). The standard InChI is InChI=1S/C20H14F2N4O2/c1-26(18-7-2-12(21)10-16(18)22)13-3-5-14(6-4-13)28-20-24-17-11-23-9-8-15(17)19(27)25-20/h2-11H,1H3,(H,24,25,27). The molecule has 140 valence electrons. The molecule has 0 saturated carbocycles. The summed E-state index contributed by atoms with van der Waals surface area (Å²) in [4.78, 5) is 13.7. The first kappa shape index (κ1) is 17.6. The van der Waals surface area contributed by atoms with Gasteiger partial charge in [0.25, 0.3) is 0 Å². The van der Waals surface area contributed by atoms with Crippen molar-refractivity contribution in [2.24, 2.45) is 0 Å². The molecule has 0 aliphatic heterocycles. The largest absolute Gasteiger partial charge is 0.493 e. The summed E-state index contributed by atoms with van der Waals surface area (Å²) in [5.74, 6) is -1.06. The maximum atomic E-state index is 14.0. The van der Waals surface area contributed by atoms with Crippen LogP contribution in [0.4, 0.5) is 20.2 Å². The number of pyridine rings is 1. The van der Waals surface area contributed by atoms with Crippen molar-refractivity contribution in [3.8, 4) is 17.6 Å². The van der Waals surface area contributed by atoms with E-state index in [2.05, 4.69) is 15.0 Å². The Morgan fingerprint density at radius 2 is 1.79 bits per heavy atom. The van der Waals surface area contributed by atoms with Gasteiger partial charge >= 0.3 is 6.01 Å². The lowest BCUT2D eigenvalue weighted by Crippen LogP contribution is -2.11. The smallest absolute Gasteiger partial charge is 0.325 e. The first-order chi connectivity index (χ1) is 13.5. The second-order valence-electron chi connectivity index (χ2n) is 5.97. The fraction of sp³-hybridized carbons (Fsp3) is 0.0500. The molecule has 0 unspecified atom stereocenters. The molecule has 6 nitrogen and oxygen atoms in total. The highest BCUT2D eigenvalue weighted by molar-refractivity contribution is 5.82. The van der Waals surface area contributed by atoms with Gasteiger partial charge in [-0.1, -0.05) is 0 Å². The van der Waals surface area contributed by atoms with E-state index in [9.17, 15) is 13.9 Å². The molecule has 0 spiro atoms. The van der Waals surface area contributed by atoms with Gasteiger partial charge in [-0.3, -0.25) is 4.98 Å². The Kier molecular flexibility index (Phi) is 4.44. The lowest BCUT2D eigenvalue weighted by Gasteiger charge is -2.20. The molecule has 0 aliphatic rings. The Hall–Kier alpha value is -3.81. The van der Waals surface area contributed by atoms with Gasteiger partial charge in [-0.25, -0.2) is 8.78 Å². The van der Waals surface area contributed by atoms with Crippen LogP contribution >= 0.6 is 0 Å². The summed E-state index contributed by atoms with van der Waals surface area (Å²) in [7, 11) is 1.67. The summed E-state index contributed by atoms with van der Waals surface area (Å²) in [6.07, 6.45) is 3.03. The quantitative estimate of drug-likeness (QED) is 0.559. The summed E-state index contributed by atoms with van der Waals surface area (Å²) in [6, 6.07) is 11.7. The number of rotatable bonds is 4. The average molecular weight is 380 g/mol. The Labute approximate surface area is 158 Å². The van der Waals surface area contributed by atoms with Crippen LogP contribution in [0.1, 0.15) is 0 Å². The highest BCUT2D eigenvalue weighted by Gasteiger charge is 2.12. The topological polar surface area (TPSA) is 71.4 Å². The normalized spacial score (nSPS) is 10.8. The van der Waals surface area contributed by atoms with Crippen molar-refractivity contribution < 1.29 is 18.6 Å². The van der Waals surface area contributed by atoms with E-state index in [1.807, 2.05) is 0 Å². The molecule has 1 N–H and O–H groups in total. The minimum atomic E-state index is -0.656. The van der Waals surface area contributed by atoms with Crippen molar-refractivity contribution in [2.45, 2.75) is 0 Å². The number of aromatic nitrogens is 3. The highest BCUT2D eigenvalue weighted by atomic mass is 19.1. The second-order valence-corrected chi connectivity index (χ2v) is 5.97. The lowest BCUT2D eigenvalue weighted by molar-refractivity contribution is 0.412. The van der Waals surface area contributed by atoms with Crippen LogP contribution < -0.4 is 9.64 Å². The van der Waals surface area contributed by atoms with Crippen LogP contribution in [0.15, 0.2) is 60.9 Å². The Bertz CT molecular complexity index is 1150. The Morgan fingerprint density at radius 3 is 2.54 bits per heavy atom. The van der Waals surface area contributed by atoms with Crippen LogP contribution in [0, 0.1) is 11.6 Å². The predicted octanol–water partition coefficient (Wildman–Crippen LogP) is 4.57. The number of aromatic hydroxyl groups is 1. The van der Waals surface area contributed by atoms with Gasteiger partial charge in [-0.15, -0.1) is 0 Å². The van der Waals surface area contributed by atoms with Gasteiger partial charge in [-0.05, 0) is 42.5 Å². The SMILES string of the molecule is CN(c1ccc(Oc2nc(O)c3ccncc3n2)cc1)c1ccc(F)cc1F. The minimum absolute atomic E-state index is 0.0244. The molecule has 2 aromatic carbocycles. The summed E-state index contributed by atoms with van der Waals surface area (Å²) >= 11 is 0. The lowest BCUT2D eigenvalue weighted by atomic mass is 10.2. The van der Waals surface area contributed by atoms with Crippen molar-refractivity contribution in [1.29, 1.82) is 0 Å². The van der Waals surface area contributed by atoms with Gasteiger partial charge in [0.15, 0.2) is 0 Å². The van der Waals surface area contributed by atoms with Crippen molar-refractivity contribution in [3.05, 3.63) is 72.6 Å². The molecular formula is C20H14F2N4O2. The number of benzene rings is 2. The average Bonchev–Trinajstić information content (AvgIpc) is 2.68. The molecule has 0 radical (unpaired) electrons. The van der Waals surface area contributed by atoms with Gasteiger partial charge in [0, 0.05) is 25.0 Å². The maximum absolute atomic E-state index is 14.0. The van der Waals surface area contributed by atoms with Gasteiger partial charge in [0.05, 0.1) is 22.8 Å². The third-order valence-corrected chi connectivity index (χ3v) is 4.16. The molecule has 28 heavy (non-hydrogen) atoms. The Balaban J connectivity index is 1.56. The zero-order chi connectivity index (χ0) is 19.7. The molecule has 0 atom stereocenters. The van der Waals surface area contributed by atoms with Crippen LogP contribution in [0.5, 0.6) is 17.6 Å². The van der Waals surface area contributed by atoms with E-state index in [0.717, 1.165) is 6.07 Å². The molecule has 2 aromatic heterocycles. The van der Waals surface area contributed by atoms with E-state index >= 15 is 0 Å². The maximum Gasteiger partial charge on any atom is 0.325 e. The van der Waals surface area contributed by atoms with E-state index in [1.165, 1.54) is 24.5 Å². The molecular weight excluding hydrogens is 366 g/mol. The number of ether oxygens (including phenoxy) is 1. The van der Waals surface area contributed by atoms with Crippen LogP contribution in [-0.2, 0) is 0 Å². The zero-order valence-corrected chi connectivity index (χ0v) is 14.7. The molecule has 0 amide bonds. The monoisotopic (exact) mass is 380 g/mol. The fourth-order valence-corrected chi connectivity index (χ4v) is 2.72. The second kappa shape index (κ2) is 7.07. The fourth-order valence-electron chi connectivity index (χ4n) is 2.72. The zero-order valence-electron chi connectivity index (χ0n) is 14.7. The number of hydrogen-bond donors (Lipinski definition) is 1. The molecule has 2 heterocycles. The molecule has 0 saturated heterocycles. The molecule has 0 aliphatic carbocycles. The van der Waals surface area contributed by atoms with Crippen molar-refractivity contribution in [2.75, 3.05) is 11.9 Å². The van der Waals surface area contributed by atoms with Gasteiger partial charge in [-0.2, -0.15) is 9.97 Å². The third-order valence-electron chi connectivity index (χ3n) is 4.16. The number of halogens is 2. The molecule has 0 bridgehead atoms. The summed E-state index contributed by atoms with van der Waals surface area (Å²) in [6.45, 7) is 0. The van der Waals surface area contributed by atoms with E-state index in [-0.39, 0.29) is 17.6 Å².